The van der Waals surface area contributed by atoms with Crippen molar-refractivity contribution in [2.24, 2.45) is 0 Å². The Kier molecular flexibility index (Phi) is 4.61. The zero-order chi connectivity index (χ0) is 11.4. The van der Waals surface area contributed by atoms with Gasteiger partial charge >= 0.3 is 0 Å². The van der Waals surface area contributed by atoms with Crippen LogP contribution in [0.15, 0.2) is 6.20 Å². The van der Waals surface area contributed by atoms with Crippen LogP contribution in [0.1, 0.15) is 57.9 Å². The molecule has 1 N–H and O–H groups in total. The highest BCUT2D eigenvalue weighted by atomic mass is 35.5. The normalized spacial score (nSPS) is 13.5. The van der Waals surface area contributed by atoms with Gasteiger partial charge < -0.3 is 5.11 Å². The summed E-state index contributed by atoms with van der Waals surface area (Å²) in [6, 6.07) is 0.226. The zero-order valence-electron chi connectivity index (χ0n) is 9.57. The highest BCUT2D eigenvalue weighted by Crippen LogP contribution is 2.28. The largest absolute Gasteiger partial charge is 0.387 e. The number of halogens is 1. The second kappa shape index (κ2) is 5.52. The fraction of sp³-hybridized carbons (Fsp3) is 0.727. The minimum absolute atomic E-state index is 0.226. The molecule has 0 radical (unpaired) electrons. The fourth-order valence-corrected chi connectivity index (χ4v) is 1.86. The first-order valence-electron chi connectivity index (χ1n) is 5.48. The minimum Gasteiger partial charge on any atom is -0.387 e. The molecule has 3 nitrogen and oxygen atoms in total. The molecule has 0 fully saturated rings. The monoisotopic (exact) mass is 230 g/mol. The van der Waals surface area contributed by atoms with Crippen LogP contribution in [-0.2, 0) is 0 Å². The molecule has 0 aliphatic rings. The van der Waals surface area contributed by atoms with Crippen molar-refractivity contribution >= 4 is 11.6 Å². The number of hydrogen-bond donors (Lipinski definition) is 1. The molecule has 1 unspecified atom stereocenters. The first kappa shape index (κ1) is 12.5. The van der Waals surface area contributed by atoms with Gasteiger partial charge in [0.25, 0.3) is 0 Å². The first-order chi connectivity index (χ1) is 7.07. The zero-order valence-corrected chi connectivity index (χ0v) is 10.3. The molecule has 0 aliphatic heterocycles. The maximum Gasteiger partial charge on any atom is 0.0972 e. The van der Waals surface area contributed by atoms with Gasteiger partial charge in [0, 0.05) is 6.04 Å². The highest BCUT2D eigenvalue weighted by molar-refractivity contribution is 6.31. The molecule has 0 spiro atoms. The van der Waals surface area contributed by atoms with E-state index in [2.05, 4.69) is 12.0 Å². The number of aliphatic hydroxyl groups excluding tert-OH is 1. The van der Waals surface area contributed by atoms with E-state index in [4.69, 9.17) is 11.6 Å². The van der Waals surface area contributed by atoms with Crippen molar-refractivity contribution in [2.45, 2.75) is 52.2 Å². The van der Waals surface area contributed by atoms with Crippen molar-refractivity contribution in [3.05, 3.63) is 16.9 Å². The Morgan fingerprint density at radius 3 is 2.73 bits per heavy atom. The summed E-state index contributed by atoms with van der Waals surface area (Å²) in [7, 11) is 0. The van der Waals surface area contributed by atoms with E-state index in [-0.39, 0.29) is 6.04 Å². The molecular formula is C11H19ClN2O. The summed E-state index contributed by atoms with van der Waals surface area (Å²) in [5.74, 6) is 0. The summed E-state index contributed by atoms with van der Waals surface area (Å²) < 4.78 is 1.79. The molecule has 15 heavy (non-hydrogen) atoms. The van der Waals surface area contributed by atoms with Crippen molar-refractivity contribution < 1.29 is 5.11 Å². The standard InChI is InChI=1S/C11H19ClN2O/c1-4-5-6-10(15)11-9(12)7-13-14(11)8(2)3/h7-8,10,15H,4-6H2,1-3H3. The second-order valence-corrected chi connectivity index (χ2v) is 4.48. The molecule has 0 saturated carbocycles. The molecule has 1 aromatic rings. The van der Waals surface area contributed by atoms with E-state index in [9.17, 15) is 5.11 Å². The first-order valence-corrected chi connectivity index (χ1v) is 5.86. The third kappa shape index (κ3) is 2.95. The lowest BCUT2D eigenvalue weighted by Crippen LogP contribution is -2.11. The summed E-state index contributed by atoms with van der Waals surface area (Å²) in [5, 5.41) is 14.7. The van der Waals surface area contributed by atoms with E-state index in [1.54, 1.807) is 10.9 Å². The van der Waals surface area contributed by atoms with Gasteiger partial charge in [0.2, 0.25) is 0 Å². The van der Waals surface area contributed by atoms with Gasteiger partial charge in [0.1, 0.15) is 0 Å². The predicted molar refractivity (Wildman–Crippen MR) is 62.1 cm³/mol. The molecule has 0 aromatic carbocycles. The van der Waals surface area contributed by atoms with Crippen LogP contribution in [0.5, 0.6) is 0 Å². The van der Waals surface area contributed by atoms with Crippen LogP contribution >= 0.6 is 11.6 Å². The molecule has 1 aromatic heterocycles. The Hall–Kier alpha value is -0.540. The summed E-state index contributed by atoms with van der Waals surface area (Å²) in [6.45, 7) is 6.16. The number of hydrogen-bond acceptors (Lipinski definition) is 2. The van der Waals surface area contributed by atoms with Crippen LogP contribution in [0.4, 0.5) is 0 Å². The molecule has 86 valence electrons. The third-order valence-electron chi connectivity index (χ3n) is 2.42. The van der Waals surface area contributed by atoms with Crippen molar-refractivity contribution in [1.82, 2.24) is 9.78 Å². The smallest absolute Gasteiger partial charge is 0.0972 e. The maximum atomic E-state index is 10.0. The molecular weight excluding hydrogens is 212 g/mol. The quantitative estimate of drug-likeness (QED) is 0.843. The van der Waals surface area contributed by atoms with E-state index < -0.39 is 6.10 Å². The summed E-state index contributed by atoms with van der Waals surface area (Å²) >= 11 is 6.02. The second-order valence-electron chi connectivity index (χ2n) is 4.07. The Morgan fingerprint density at radius 2 is 2.20 bits per heavy atom. The summed E-state index contributed by atoms with van der Waals surface area (Å²) in [5.41, 5.74) is 0.750. The maximum absolute atomic E-state index is 10.0. The van der Waals surface area contributed by atoms with Gasteiger partial charge in [0.05, 0.1) is 23.0 Å². The van der Waals surface area contributed by atoms with Crippen LogP contribution < -0.4 is 0 Å². The number of aliphatic hydroxyl groups is 1. The molecule has 0 amide bonds. The summed E-state index contributed by atoms with van der Waals surface area (Å²) in [6.07, 6.45) is 3.92. The lowest BCUT2D eigenvalue weighted by atomic mass is 10.1. The predicted octanol–water partition coefficient (Wildman–Crippen LogP) is 3.34. The molecule has 1 heterocycles. The third-order valence-corrected chi connectivity index (χ3v) is 2.71. The van der Waals surface area contributed by atoms with E-state index in [1.807, 2.05) is 13.8 Å². The Morgan fingerprint density at radius 1 is 1.53 bits per heavy atom. The molecule has 1 rings (SSSR count). The van der Waals surface area contributed by atoms with Gasteiger partial charge in [0.15, 0.2) is 0 Å². The Bertz CT molecular complexity index is 310. The van der Waals surface area contributed by atoms with Gasteiger partial charge in [-0.3, -0.25) is 4.68 Å². The SMILES string of the molecule is CCCCC(O)c1c(Cl)cnn1C(C)C. The van der Waals surface area contributed by atoms with Gasteiger partial charge in [-0.05, 0) is 20.3 Å². The minimum atomic E-state index is -0.498. The molecule has 0 aliphatic carbocycles. The van der Waals surface area contributed by atoms with Crippen molar-refractivity contribution in [3.8, 4) is 0 Å². The topological polar surface area (TPSA) is 38.1 Å². The average Bonchev–Trinajstić information content (AvgIpc) is 2.56. The van der Waals surface area contributed by atoms with Crippen LogP contribution in [0.25, 0.3) is 0 Å². The van der Waals surface area contributed by atoms with Gasteiger partial charge in [-0.2, -0.15) is 5.10 Å². The lowest BCUT2D eigenvalue weighted by molar-refractivity contribution is 0.151. The van der Waals surface area contributed by atoms with Crippen molar-refractivity contribution in [1.29, 1.82) is 0 Å². The number of aromatic nitrogens is 2. The van der Waals surface area contributed by atoms with E-state index in [0.717, 1.165) is 25.0 Å². The van der Waals surface area contributed by atoms with Gasteiger partial charge in [-0.25, -0.2) is 0 Å². The van der Waals surface area contributed by atoms with Crippen LogP contribution in [0.2, 0.25) is 5.02 Å². The lowest BCUT2D eigenvalue weighted by Gasteiger charge is -2.16. The summed E-state index contributed by atoms with van der Waals surface area (Å²) in [4.78, 5) is 0. The van der Waals surface area contributed by atoms with E-state index >= 15 is 0 Å². The van der Waals surface area contributed by atoms with Crippen LogP contribution in [0, 0.1) is 0 Å². The molecule has 0 bridgehead atoms. The fourth-order valence-electron chi connectivity index (χ4n) is 1.61. The van der Waals surface area contributed by atoms with Gasteiger partial charge in [-0.1, -0.05) is 31.4 Å². The van der Waals surface area contributed by atoms with E-state index in [0.29, 0.717) is 5.02 Å². The van der Waals surface area contributed by atoms with Crippen molar-refractivity contribution in [2.75, 3.05) is 0 Å². The van der Waals surface area contributed by atoms with Crippen LogP contribution in [0.3, 0.4) is 0 Å². The average molecular weight is 231 g/mol. The number of unbranched alkanes of at least 4 members (excludes halogenated alkanes) is 1. The van der Waals surface area contributed by atoms with Crippen LogP contribution in [-0.4, -0.2) is 14.9 Å². The highest BCUT2D eigenvalue weighted by Gasteiger charge is 2.18. The number of nitrogens with zero attached hydrogens (tertiary/aromatic N) is 2. The Labute approximate surface area is 96.1 Å². The van der Waals surface area contributed by atoms with Crippen molar-refractivity contribution in [3.63, 3.8) is 0 Å². The molecule has 0 saturated heterocycles. The Balaban J connectivity index is 2.85. The van der Waals surface area contributed by atoms with Gasteiger partial charge in [-0.15, -0.1) is 0 Å². The van der Waals surface area contributed by atoms with E-state index in [1.165, 1.54) is 0 Å². The molecule has 4 heteroatoms. The molecule has 1 atom stereocenters. The number of rotatable bonds is 5.